The molecule has 0 spiro atoms. The van der Waals surface area contributed by atoms with Crippen LogP contribution in [0.3, 0.4) is 0 Å². The second-order valence-electron chi connectivity index (χ2n) is 4.00. The van der Waals surface area contributed by atoms with Gasteiger partial charge in [0.2, 0.25) is 0 Å². The van der Waals surface area contributed by atoms with Crippen molar-refractivity contribution >= 4 is 17.0 Å². The second-order valence-corrected chi connectivity index (χ2v) is 7.73. The van der Waals surface area contributed by atoms with Crippen molar-refractivity contribution in [3.8, 4) is 0 Å². The first-order valence-electron chi connectivity index (χ1n) is 5.35. The molecule has 0 saturated heterocycles. The minimum atomic E-state index is -0.826. The molecule has 0 nitrogen and oxygen atoms in total. The van der Waals surface area contributed by atoms with E-state index in [0.717, 1.165) is 0 Å². The Labute approximate surface area is 127 Å². The van der Waals surface area contributed by atoms with E-state index in [9.17, 15) is 0 Å². The normalized spacial score (nSPS) is 22.5. The fourth-order valence-corrected chi connectivity index (χ4v) is 1.44. The van der Waals surface area contributed by atoms with Crippen molar-refractivity contribution in [2.24, 2.45) is 0 Å². The molecule has 0 N–H and O–H groups in total. The molecular formula is C14H18Cl2Zr+2. The molecule has 2 saturated carbocycles. The zero-order chi connectivity index (χ0) is 13.3. The third-order valence-corrected chi connectivity index (χ3v) is 2.13. The van der Waals surface area contributed by atoms with E-state index in [4.69, 9.17) is 17.0 Å². The summed E-state index contributed by atoms with van der Waals surface area (Å²) in [6.07, 6.45) is 12.8. The van der Waals surface area contributed by atoms with E-state index in [1.165, 1.54) is 23.7 Å². The van der Waals surface area contributed by atoms with Crippen molar-refractivity contribution in [2.45, 2.75) is 27.7 Å². The van der Waals surface area contributed by atoms with Gasteiger partial charge in [-0.2, -0.15) is 0 Å². The molecule has 2 rings (SSSR count). The number of hydrogen-bond donors (Lipinski definition) is 0. The van der Waals surface area contributed by atoms with Gasteiger partial charge in [-0.05, 0) is 62.2 Å². The van der Waals surface area contributed by atoms with Crippen molar-refractivity contribution in [1.82, 2.24) is 0 Å². The Balaban J connectivity index is 0.000000247. The number of halogens is 2. The fourth-order valence-electron chi connectivity index (χ4n) is 1.44. The van der Waals surface area contributed by atoms with Gasteiger partial charge in [-0.25, -0.2) is 0 Å². The summed E-state index contributed by atoms with van der Waals surface area (Å²) in [6, 6.07) is 0. The van der Waals surface area contributed by atoms with Gasteiger partial charge in [0.15, 0.2) is 0 Å². The van der Waals surface area contributed by atoms with Gasteiger partial charge in [0.25, 0.3) is 0 Å². The first-order chi connectivity index (χ1) is 7.99. The number of rotatable bonds is 0. The Morgan fingerprint density at radius 3 is 0.882 bits per heavy atom. The van der Waals surface area contributed by atoms with Gasteiger partial charge in [0.05, 0.1) is 0 Å². The molecule has 0 aromatic carbocycles. The Morgan fingerprint density at radius 1 is 0.647 bits per heavy atom. The zero-order valence-electron chi connectivity index (χ0n) is 10.7. The molecule has 0 heterocycles. The Bertz CT molecular complexity index is 142. The maximum atomic E-state index is 4.93. The molecule has 0 bridgehead atoms. The molecule has 10 radical (unpaired) electrons. The van der Waals surface area contributed by atoms with Crippen LogP contribution in [0.1, 0.15) is 27.7 Å². The molecular weight excluding hydrogens is 330 g/mol. The maximum absolute atomic E-state index is 4.93. The topological polar surface area (TPSA) is 0 Å². The van der Waals surface area contributed by atoms with Crippen LogP contribution in [0.5, 0.6) is 0 Å². The molecule has 0 unspecified atom stereocenters. The van der Waals surface area contributed by atoms with Crippen LogP contribution in [-0.2, 0) is 20.8 Å². The van der Waals surface area contributed by atoms with Crippen molar-refractivity contribution in [3.05, 3.63) is 62.2 Å². The van der Waals surface area contributed by atoms with Gasteiger partial charge >= 0.3 is 37.9 Å². The van der Waals surface area contributed by atoms with Crippen LogP contribution < -0.4 is 0 Å². The molecule has 0 aromatic heterocycles. The molecule has 0 atom stereocenters. The first kappa shape index (κ1) is 18.5. The summed E-state index contributed by atoms with van der Waals surface area (Å²) in [6.45, 7) is 8.42. The number of hydrogen-bond acceptors (Lipinski definition) is 0. The zero-order valence-corrected chi connectivity index (χ0v) is 14.7. The fraction of sp³-hybridized carbons (Fsp3) is 0.286. The quantitative estimate of drug-likeness (QED) is 0.579. The summed E-state index contributed by atoms with van der Waals surface area (Å²) in [5.41, 5.74) is 0. The molecule has 0 aliphatic heterocycles. The molecule has 0 amide bonds. The Hall–Kier alpha value is 1.46. The average molecular weight is 348 g/mol. The van der Waals surface area contributed by atoms with E-state index >= 15 is 0 Å². The van der Waals surface area contributed by atoms with Crippen LogP contribution in [0.4, 0.5) is 0 Å². The summed E-state index contributed by atoms with van der Waals surface area (Å²) in [4.78, 5) is 0. The van der Waals surface area contributed by atoms with Gasteiger partial charge in [-0.15, -0.1) is 0 Å². The Kier molecular flexibility index (Phi) is 12.3. The molecule has 2 fully saturated rings. The van der Waals surface area contributed by atoms with Crippen LogP contribution in [-0.4, -0.2) is 0 Å². The molecule has 2 aliphatic carbocycles. The average Bonchev–Trinajstić information content (AvgIpc) is 2.78. The van der Waals surface area contributed by atoms with Crippen molar-refractivity contribution in [1.29, 1.82) is 0 Å². The van der Waals surface area contributed by atoms with Gasteiger partial charge < -0.3 is 0 Å². The summed E-state index contributed by atoms with van der Waals surface area (Å²) in [5.74, 6) is 5.44. The predicted octanol–water partition coefficient (Wildman–Crippen LogP) is 4.98. The summed E-state index contributed by atoms with van der Waals surface area (Å²) >= 11 is -0.826. The van der Waals surface area contributed by atoms with E-state index in [0.29, 0.717) is 0 Å². The summed E-state index contributed by atoms with van der Waals surface area (Å²) < 4.78 is 0. The van der Waals surface area contributed by atoms with E-state index in [2.05, 4.69) is 66.2 Å². The van der Waals surface area contributed by atoms with Gasteiger partial charge in [0, 0.05) is 0 Å². The monoisotopic (exact) mass is 346 g/mol. The van der Waals surface area contributed by atoms with E-state index in [1.807, 2.05) is 0 Å². The summed E-state index contributed by atoms with van der Waals surface area (Å²) in [7, 11) is 9.87. The van der Waals surface area contributed by atoms with Crippen LogP contribution in [0.15, 0.2) is 0 Å². The van der Waals surface area contributed by atoms with Crippen LogP contribution in [0.2, 0.25) is 0 Å². The van der Waals surface area contributed by atoms with Gasteiger partial charge in [-0.3, -0.25) is 0 Å². The SMILES string of the molecule is C[C]1[CH][CH][C](C)[CH]1.C[C]1[CH][CH][C](C)[CH]1.[Cl][Zr+2][Cl]. The second kappa shape index (κ2) is 11.3. The van der Waals surface area contributed by atoms with E-state index < -0.39 is 20.8 Å². The van der Waals surface area contributed by atoms with Crippen LogP contribution in [0, 0.1) is 62.2 Å². The molecule has 17 heavy (non-hydrogen) atoms. The van der Waals surface area contributed by atoms with Gasteiger partial charge in [-0.1, -0.05) is 27.7 Å². The molecule has 90 valence electrons. The standard InChI is InChI=1S/2C7H9.2ClH.Zr/c2*1-6-3-4-7(2)5-6;;;/h2*3-5H,1-2H3;2*1H;/q;;;;+4/p-2. The molecule has 0 aromatic rings. The van der Waals surface area contributed by atoms with E-state index in [1.54, 1.807) is 0 Å². The molecule has 3 heteroatoms. The Morgan fingerprint density at radius 2 is 0.824 bits per heavy atom. The first-order valence-corrected chi connectivity index (χ1v) is 11.7. The van der Waals surface area contributed by atoms with Gasteiger partial charge in [0.1, 0.15) is 0 Å². The van der Waals surface area contributed by atoms with Crippen LogP contribution in [0.25, 0.3) is 0 Å². The summed E-state index contributed by atoms with van der Waals surface area (Å²) in [5, 5.41) is 0. The van der Waals surface area contributed by atoms with Crippen molar-refractivity contribution in [3.63, 3.8) is 0 Å². The molecule has 2 aliphatic rings. The minimum absolute atomic E-state index is 0.826. The van der Waals surface area contributed by atoms with Crippen molar-refractivity contribution in [2.75, 3.05) is 0 Å². The van der Waals surface area contributed by atoms with Crippen LogP contribution >= 0.6 is 17.0 Å². The third kappa shape index (κ3) is 11.0. The predicted molar refractivity (Wildman–Crippen MR) is 73.2 cm³/mol. The third-order valence-electron chi connectivity index (χ3n) is 2.13. The van der Waals surface area contributed by atoms with Crippen molar-refractivity contribution < 1.29 is 20.8 Å². The van der Waals surface area contributed by atoms with E-state index in [-0.39, 0.29) is 0 Å².